The molecule has 1 aliphatic rings. The van der Waals surface area contributed by atoms with E-state index in [1.54, 1.807) is 0 Å². The molecule has 0 radical (unpaired) electrons. The van der Waals surface area contributed by atoms with Crippen LogP contribution < -0.4 is 4.90 Å². The van der Waals surface area contributed by atoms with Crippen molar-refractivity contribution < 1.29 is 4.74 Å². The predicted molar refractivity (Wildman–Crippen MR) is 71.3 cm³/mol. The third-order valence-corrected chi connectivity index (χ3v) is 3.81. The summed E-state index contributed by atoms with van der Waals surface area (Å²) in [4.78, 5) is 2.34. The molecule has 88 valence electrons. The highest BCUT2D eigenvalue weighted by Crippen LogP contribution is 2.26. The first-order chi connectivity index (χ1) is 7.70. The summed E-state index contributed by atoms with van der Waals surface area (Å²) in [6.07, 6.45) is 0.306. The molecule has 0 aliphatic carbocycles. The number of hydrogen-bond donors (Lipinski definition) is 0. The van der Waals surface area contributed by atoms with E-state index in [-0.39, 0.29) is 0 Å². The number of benzene rings is 1. The minimum absolute atomic E-state index is 0.306. The highest BCUT2D eigenvalue weighted by molar-refractivity contribution is 9.10. The van der Waals surface area contributed by atoms with Crippen LogP contribution in [0.25, 0.3) is 0 Å². The number of morpholine rings is 1. The monoisotopic (exact) mass is 303 g/mol. The Kier molecular flexibility index (Phi) is 4.11. The molecular weight excluding hydrogens is 289 g/mol. The van der Waals surface area contributed by atoms with Gasteiger partial charge in [-0.25, -0.2) is 0 Å². The fourth-order valence-electron chi connectivity index (χ4n) is 1.89. The second-order valence-corrected chi connectivity index (χ2v) is 5.16. The summed E-state index contributed by atoms with van der Waals surface area (Å²) in [5.41, 5.74) is 2.36. The average Bonchev–Trinajstić information content (AvgIpc) is 2.29. The fraction of sp³-hybridized carbons (Fsp3) is 0.500. The standard InChI is InChI=1S/C12H15BrClNO/c1-9-8-15(4-5-16-9)11-3-2-10(7-14)12(13)6-11/h2-3,6,9H,4-5,7-8H2,1H3. The normalized spacial score (nSPS) is 21.2. The molecule has 2 nitrogen and oxygen atoms in total. The number of halogens is 2. The predicted octanol–water partition coefficient (Wildman–Crippen LogP) is 3.41. The van der Waals surface area contributed by atoms with Gasteiger partial charge in [0.25, 0.3) is 0 Å². The molecule has 0 spiro atoms. The van der Waals surface area contributed by atoms with Gasteiger partial charge in [0.05, 0.1) is 12.7 Å². The van der Waals surface area contributed by atoms with Crippen molar-refractivity contribution in [1.29, 1.82) is 0 Å². The van der Waals surface area contributed by atoms with Crippen LogP contribution in [0.5, 0.6) is 0 Å². The zero-order valence-corrected chi connectivity index (χ0v) is 11.6. The summed E-state index contributed by atoms with van der Waals surface area (Å²) in [6, 6.07) is 6.34. The molecule has 1 atom stereocenters. The molecule has 1 heterocycles. The number of hydrogen-bond acceptors (Lipinski definition) is 2. The smallest absolute Gasteiger partial charge is 0.0722 e. The van der Waals surface area contributed by atoms with Gasteiger partial charge in [-0.2, -0.15) is 0 Å². The maximum Gasteiger partial charge on any atom is 0.0722 e. The van der Waals surface area contributed by atoms with Crippen molar-refractivity contribution in [2.75, 3.05) is 24.6 Å². The van der Waals surface area contributed by atoms with Gasteiger partial charge in [0, 0.05) is 29.1 Å². The number of ether oxygens (including phenoxy) is 1. The van der Waals surface area contributed by atoms with Crippen LogP contribution in [0.1, 0.15) is 12.5 Å². The minimum Gasteiger partial charge on any atom is -0.375 e. The maximum atomic E-state index is 5.83. The summed E-state index contributed by atoms with van der Waals surface area (Å²) >= 11 is 9.38. The number of alkyl halides is 1. The molecule has 1 fully saturated rings. The van der Waals surface area contributed by atoms with Gasteiger partial charge < -0.3 is 9.64 Å². The first kappa shape index (κ1) is 12.2. The summed E-state index contributed by atoms with van der Waals surface area (Å²) < 4.78 is 6.61. The van der Waals surface area contributed by atoms with Crippen LogP contribution in [0.15, 0.2) is 22.7 Å². The van der Waals surface area contributed by atoms with Crippen molar-refractivity contribution in [3.8, 4) is 0 Å². The van der Waals surface area contributed by atoms with Crippen LogP contribution in [0.4, 0.5) is 5.69 Å². The summed E-state index contributed by atoms with van der Waals surface area (Å²) in [6.45, 7) is 4.81. The van der Waals surface area contributed by atoms with E-state index in [2.05, 4.69) is 46.0 Å². The topological polar surface area (TPSA) is 12.5 Å². The Labute approximate surface area is 110 Å². The first-order valence-corrected chi connectivity index (χ1v) is 6.74. The van der Waals surface area contributed by atoms with Crippen LogP contribution in [-0.4, -0.2) is 25.8 Å². The van der Waals surface area contributed by atoms with E-state index in [1.165, 1.54) is 5.69 Å². The Bertz CT molecular complexity index is 372. The Morgan fingerprint density at radius 1 is 1.56 bits per heavy atom. The average molecular weight is 305 g/mol. The molecule has 0 saturated carbocycles. The second kappa shape index (κ2) is 5.39. The van der Waals surface area contributed by atoms with E-state index in [0.717, 1.165) is 29.7 Å². The zero-order chi connectivity index (χ0) is 11.5. The molecule has 0 bridgehead atoms. The van der Waals surface area contributed by atoms with Gasteiger partial charge in [0.2, 0.25) is 0 Å². The first-order valence-electron chi connectivity index (χ1n) is 5.41. The summed E-state index contributed by atoms with van der Waals surface area (Å²) in [5.74, 6) is 0.542. The lowest BCUT2D eigenvalue weighted by molar-refractivity contribution is 0.0532. The number of rotatable bonds is 2. The van der Waals surface area contributed by atoms with Crippen LogP contribution in [-0.2, 0) is 10.6 Å². The largest absolute Gasteiger partial charge is 0.375 e. The van der Waals surface area contributed by atoms with Gasteiger partial charge in [-0.15, -0.1) is 11.6 Å². The summed E-state index contributed by atoms with van der Waals surface area (Å²) in [7, 11) is 0. The van der Waals surface area contributed by atoms with Crippen molar-refractivity contribution in [3.05, 3.63) is 28.2 Å². The molecule has 1 aliphatic heterocycles. The molecule has 1 saturated heterocycles. The molecule has 1 aromatic carbocycles. The zero-order valence-electron chi connectivity index (χ0n) is 9.25. The Morgan fingerprint density at radius 3 is 3.00 bits per heavy atom. The minimum atomic E-state index is 0.306. The molecule has 2 rings (SSSR count). The van der Waals surface area contributed by atoms with E-state index < -0.39 is 0 Å². The van der Waals surface area contributed by atoms with Gasteiger partial charge >= 0.3 is 0 Å². The third-order valence-electron chi connectivity index (χ3n) is 2.79. The molecule has 0 amide bonds. The van der Waals surface area contributed by atoms with Crippen LogP contribution >= 0.6 is 27.5 Å². The molecular formula is C12H15BrClNO. The van der Waals surface area contributed by atoms with Crippen molar-refractivity contribution in [3.63, 3.8) is 0 Å². The van der Waals surface area contributed by atoms with Crippen molar-refractivity contribution in [1.82, 2.24) is 0 Å². The van der Waals surface area contributed by atoms with E-state index in [9.17, 15) is 0 Å². The second-order valence-electron chi connectivity index (χ2n) is 4.04. The number of anilines is 1. The van der Waals surface area contributed by atoms with E-state index in [4.69, 9.17) is 16.3 Å². The highest BCUT2D eigenvalue weighted by atomic mass is 79.9. The Balaban J connectivity index is 2.17. The maximum absolute atomic E-state index is 5.83. The fourth-order valence-corrected chi connectivity index (χ4v) is 2.80. The lowest BCUT2D eigenvalue weighted by atomic mass is 10.2. The molecule has 16 heavy (non-hydrogen) atoms. The van der Waals surface area contributed by atoms with Crippen LogP contribution in [0.2, 0.25) is 0 Å². The lowest BCUT2D eigenvalue weighted by Crippen LogP contribution is -2.41. The molecule has 0 N–H and O–H groups in total. The SMILES string of the molecule is CC1CN(c2ccc(CCl)c(Br)c2)CCO1. The van der Waals surface area contributed by atoms with Gasteiger partial charge in [-0.3, -0.25) is 0 Å². The van der Waals surface area contributed by atoms with Crippen LogP contribution in [0, 0.1) is 0 Å². The van der Waals surface area contributed by atoms with Crippen molar-refractivity contribution in [2.24, 2.45) is 0 Å². The van der Waals surface area contributed by atoms with E-state index in [0.29, 0.717) is 12.0 Å². The molecule has 0 aromatic heterocycles. The Hall–Kier alpha value is -0.250. The van der Waals surface area contributed by atoms with Gasteiger partial charge in [0.1, 0.15) is 0 Å². The quantitative estimate of drug-likeness (QED) is 0.776. The lowest BCUT2D eigenvalue weighted by Gasteiger charge is -2.33. The highest BCUT2D eigenvalue weighted by Gasteiger charge is 2.17. The molecule has 1 unspecified atom stereocenters. The summed E-state index contributed by atoms with van der Waals surface area (Å²) in [5, 5.41) is 0. The van der Waals surface area contributed by atoms with Crippen LogP contribution in [0.3, 0.4) is 0 Å². The van der Waals surface area contributed by atoms with Gasteiger partial charge in [-0.1, -0.05) is 22.0 Å². The van der Waals surface area contributed by atoms with Gasteiger partial charge in [-0.05, 0) is 24.6 Å². The van der Waals surface area contributed by atoms with E-state index >= 15 is 0 Å². The van der Waals surface area contributed by atoms with Crippen molar-refractivity contribution >= 4 is 33.2 Å². The molecule has 1 aromatic rings. The molecule has 4 heteroatoms. The van der Waals surface area contributed by atoms with Gasteiger partial charge in [0.15, 0.2) is 0 Å². The third kappa shape index (κ3) is 2.70. The Morgan fingerprint density at radius 2 is 2.38 bits per heavy atom. The van der Waals surface area contributed by atoms with E-state index in [1.807, 2.05) is 0 Å². The van der Waals surface area contributed by atoms with Crippen molar-refractivity contribution in [2.45, 2.75) is 18.9 Å². The number of nitrogens with zero attached hydrogens (tertiary/aromatic N) is 1.